The quantitative estimate of drug-likeness (QED) is 0.177. The van der Waals surface area contributed by atoms with E-state index in [1.807, 2.05) is 0 Å². The normalized spacial score (nSPS) is 16.8. The zero-order valence-corrected chi connectivity index (χ0v) is 27.2. The molecule has 6 amide bonds. The van der Waals surface area contributed by atoms with Crippen molar-refractivity contribution in [1.82, 2.24) is 14.7 Å². The van der Waals surface area contributed by atoms with Gasteiger partial charge in [0.25, 0.3) is 35.4 Å². The molecule has 252 valence electrons. The standard InChI is InChI=1S/C33H33N3O12/c1-16-17(2)26(38)34(25(16)37)7-10-46-31(43)22-13-23(32(44)47-11-8-35-27(39)18(3)19(4)28(35)40)15-24(14-22)33(45)48-12-9-36-29(41)20(5)21(6)30(36)42/h13-15H,7-12H2,1-6H3. The van der Waals surface area contributed by atoms with Crippen molar-refractivity contribution in [3.8, 4) is 0 Å². The van der Waals surface area contributed by atoms with Crippen LogP contribution in [0.5, 0.6) is 0 Å². The zero-order valence-electron chi connectivity index (χ0n) is 27.2. The Labute approximate surface area is 274 Å². The molecule has 0 saturated heterocycles. The Kier molecular flexibility index (Phi) is 10.2. The van der Waals surface area contributed by atoms with Crippen LogP contribution in [0.2, 0.25) is 0 Å². The summed E-state index contributed by atoms with van der Waals surface area (Å²) in [6, 6.07) is 3.26. The molecule has 15 heteroatoms. The molecule has 15 nitrogen and oxygen atoms in total. The van der Waals surface area contributed by atoms with Crippen LogP contribution in [-0.2, 0) is 43.0 Å². The van der Waals surface area contributed by atoms with Crippen LogP contribution in [0.3, 0.4) is 0 Å². The van der Waals surface area contributed by atoms with Crippen LogP contribution >= 0.6 is 0 Å². The van der Waals surface area contributed by atoms with Crippen LogP contribution in [0.4, 0.5) is 0 Å². The number of rotatable bonds is 12. The van der Waals surface area contributed by atoms with Gasteiger partial charge in [0.05, 0.1) is 36.3 Å². The van der Waals surface area contributed by atoms with Gasteiger partial charge in [-0.15, -0.1) is 0 Å². The number of hydrogen-bond acceptors (Lipinski definition) is 12. The summed E-state index contributed by atoms with van der Waals surface area (Å²) in [5, 5.41) is 0. The predicted octanol–water partition coefficient (Wildman–Crippen LogP) is 1.27. The molecule has 1 aromatic carbocycles. The highest BCUT2D eigenvalue weighted by atomic mass is 16.5. The fourth-order valence-corrected chi connectivity index (χ4v) is 4.98. The summed E-state index contributed by atoms with van der Waals surface area (Å²) in [6.45, 7) is 7.16. The summed E-state index contributed by atoms with van der Waals surface area (Å²) >= 11 is 0. The number of esters is 3. The highest BCUT2D eigenvalue weighted by Gasteiger charge is 2.35. The number of ether oxygens (including phenoxy) is 3. The summed E-state index contributed by atoms with van der Waals surface area (Å²) in [4.78, 5) is 116. The smallest absolute Gasteiger partial charge is 0.338 e. The first-order chi connectivity index (χ1) is 22.6. The Balaban J connectivity index is 1.45. The van der Waals surface area contributed by atoms with Crippen LogP contribution in [-0.4, -0.2) is 108 Å². The molecule has 0 aromatic heterocycles. The first kappa shape index (κ1) is 35.1. The lowest BCUT2D eigenvalue weighted by atomic mass is 10.1. The molecule has 0 atom stereocenters. The highest BCUT2D eigenvalue weighted by molar-refractivity contribution is 6.20. The molecule has 4 rings (SSSR count). The summed E-state index contributed by atoms with van der Waals surface area (Å²) < 4.78 is 15.7. The van der Waals surface area contributed by atoms with Crippen molar-refractivity contribution in [2.45, 2.75) is 41.5 Å². The summed E-state index contributed by atoms with van der Waals surface area (Å²) in [6.07, 6.45) is 0. The minimum absolute atomic E-state index is 0.238. The minimum Gasteiger partial charge on any atom is -0.460 e. The Morgan fingerprint density at radius 2 is 0.604 bits per heavy atom. The molecule has 0 aliphatic carbocycles. The third-order valence-electron chi connectivity index (χ3n) is 8.37. The van der Waals surface area contributed by atoms with E-state index >= 15 is 0 Å². The Morgan fingerprint density at radius 3 is 0.792 bits per heavy atom. The Bertz CT molecular complexity index is 1510. The van der Waals surface area contributed by atoms with Crippen LogP contribution in [0, 0.1) is 0 Å². The number of amides is 6. The lowest BCUT2D eigenvalue weighted by molar-refractivity contribution is -0.139. The third kappa shape index (κ3) is 6.70. The molecular formula is C33H33N3O12. The van der Waals surface area contributed by atoms with Crippen molar-refractivity contribution in [2.24, 2.45) is 0 Å². The van der Waals surface area contributed by atoms with Gasteiger partial charge in [-0.3, -0.25) is 43.5 Å². The van der Waals surface area contributed by atoms with E-state index in [9.17, 15) is 43.2 Å². The van der Waals surface area contributed by atoms with E-state index in [0.29, 0.717) is 0 Å². The van der Waals surface area contributed by atoms with Crippen LogP contribution in [0.1, 0.15) is 72.6 Å². The molecule has 48 heavy (non-hydrogen) atoms. The first-order valence-corrected chi connectivity index (χ1v) is 14.8. The zero-order chi connectivity index (χ0) is 35.6. The predicted molar refractivity (Wildman–Crippen MR) is 163 cm³/mol. The van der Waals surface area contributed by atoms with Gasteiger partial charge in [-0.05, 0) is 59.7 Å². The second-order valence-electron chi connectivity index (χ2n) is 11.2. The van der Waals surface area contributed by atoms with Crippen molar-refractivity contribution in [3.05, 3.63) is 68.3 Å². The maximum absolute atomic E-state index is 13.0. The molecule has 0 saturated carbocycles. The van der Waals surface area contributed by atoms with E-state index in [2.05, 4.69) is 0 Å². The molecule has 0 unspecified atom stereocenters. The molecule has 0 fully saturated rings. The molecule has 3 heterocycles. The topological polar surface area (TPSA) is 191 Å². The number of hydrogen-bond donors (Lipinski definition) is 0. The molecule has 0 bridgehead atoms. The van der Waals surface area contributed by atoms with Gasteiger partial charge in [-0.1, -0.05) is 0 Å². The lowest BCUT2D eigenvalue weighted by Gasteiger charge is -2.16. The molecule has 0 spiro atoms. The number of carbonyl (C=O) groups excluding carboxylic acids is 9. The Morgan fingerprint density at radius 1 is 0.417 bits per heavy atom. The summed E-state index contributed by atoms with van der Waals surface area (Å²) in [5.41, 5.74) is 0.842. The summed E-state index contributed by atoms with van der Waals surface area (Å²) in [5.74, 6) is -6.10. The number of imide groups is 3. The molecule has 0 N–H and O–H groups in total. The monoisotopic (exact) mass is 663 g/mol. The average molecular weight is 664 g/mol. The number of benzene rings is 1. The summed E-state index contributed by atoms with van der Waals surface area (Å²) in [7, 11) is 0. The van der Waals surface area contributed by atoms with Crippen LogP contribution < -0.4 is 0 Å². The lowest BCUT2D eigenvalue weighted by Crippen LogP contribution is -2.35. The van der Waals surface area contributed by atoms with E-state index in [1.165, 1.54) is 41.5 Å². The second kappa shape index (κ2) is 13.9. The molecule has 3 aliphatic heterocycles. The van der Waals surface area contributed by atoms with Gasteiger partial charge in [-0.2, -0.15) is 0 Å². The first-order valence-electron chi connectivity index (χ1n) is 14.8. The van der Waals surface area contributed by atoms with Gasteiger partial charge in [0.15, 0.2) is 0 Å². The SMILES string of the molecule is CC1=C(C)C(=O)N(CCOC(=O)c2cc(C(=O)OCCN3C(=O)C(C)=C(C)C3=O)cc(C(=O)OCCN3C(=O)C(C)=C(C)C3=O)c2)C1=O. The van der Waals surface area contributed by atoms with Gasteiger partial charge in [0.1, 0.15) is 19.8 Å². The van der Waals surface area contributed by atoms with E-state index < -0.39 is 53.4 Å². The number of nitrogens with zero attached hydrogens (tertiary/aromatic N) is 3. The average Bonchev–Trinajstić information content (AvgIpc) is 3.46. The van der Waals surface area contributed by atoms with Gasteiger partial charge < -0.3 is 14.2 Å². The van der Waals surface area contributed by atoms with Crippen molar-refractivity contribution in [3.63, 3.8) is 0 Å². The third-order valence-corrected chi connectivity index (χ3v) is 8.37. The van der Waals surface area contributed by atoms with Crippen LogP contribution in [0.15, 0.2) is 51.6 Å². The van der Waals surface area contributed by atoms with Gasteiger partial charge >= 0.3 is 17.9 Å². The molecule has 3 aliphatic rings. The van der Waals surface area contributed by atoms with E-state index in [1.54, 1.807) is 0 Å². The fraction of sp³-hybridized carbons (Fsp3) is 0.364. The van der Waals surface area contributed by atoms with Crippen molar-refractivity contribution in [1.29, 1.82) is 0 Å². The van der Waals surface area contributed by atoms with E-state index in [4.69, 9.17) is 14.2 Å². The van der Waals surface area contributed by atoms with Gasteiger partial charge in [0.2, 0.25) is 0 Å². The van der Waals surface area contributed by atoms with Crippen LogP contribution in [0.25, 0.3) is 0 Å². The maximum atomic E-state index is 13.0. The molecule has 0 radical (unpaired) electrons. The van der Waals surface area contributed by atoms with Crippen molar-refractivity contribution >= 4 is 53.4 Å². The fourth-order valence-electron chi connectivity index (χ4n) is 4.98. The number of carbonyl (C=O) groups is 9. The highest BCUT2D eigenvalue weighted by Crippen LogP contribution is 2.22. The second-order valence-corrected chi connectivity index (χ2v) is 11.2. The Hall–Kier alpha value is -5.73. The molecular weight excluding hydrogens is 630 g/mol. The largest absolute Gasteiger partial charge is 0.460 e. The molecule has 1 aromatic rings. The van der Waals surface area contributed by atoms with Gasteiger partial charge in [0, 0.05) is 33.4 Å². The van der Waals surface area contributed by atoms with Gasteiger partial charge in [-0.25, -0.2) is 14.4 Å². The van der Waals surface area contributed by atoms with E-state index in [-0.39, 0.29) is 89.6 Å². The van der Waals surface area contributed by atoms with Crippen molar-refractivity contribution < 1.29 is 57.4 Å². The van der Waals surface area contributed by atoms with Crippen molar-refractivity contribution in [2.75, 3.05) is 39.5 Å². The van der Waals surface area contributed by atoms with E-state index in [0.717, 1.165) is 32.9 Å². The maximum Gasteiger partial charge on any atom is 0.338 e. The minimum atomic E-state index is -1.00.